The van der Waals surface area contributed by atoms with Crippen molar-refractivity contribution in [3.8, 4) is 11.1 Å². The van der Waals surface area contributed by atoms with Gasteiger partial charge in [0.2, 0.25) is 9.39 Å². The van der Waals surface area contributed by atoms with Gasteiger partial charge >= 0.3 is 30.0 Å². The van der Waals surface area contributed by atoms with Crippen molar-refractivity contribution in [2.75, 3.05) is 20.3 Å². The summed E-state index contributed by atoms with van der Waals surface area (Å²) in [6.07, 6.45) is -11.0. The number of benzene rings is 2. The summed E-state index contributed by atoms with van der Waals surface area (Å²) in [5, 5.41) is 24.2. The molecule has 2 unspecified atom stereocenters. The van der Waals surface area contributed by atoms with Gasteiger partial charge in [-0.1, -0.05) is 83.3 Å². The SMILES string of the molecule is COC(=O)C(O)(C1c2ccccc2-c2ccccc21)C(N)N(C(=O)OCC(Cl)(Cl)Cl)[C@H]1[C@@H](OC(C)=O)[C@@H](OC(C)=O)[C@@H](COC(C)=O)O[C@@H]1O. The number of nitrogens with two attached hydrogens (primary N) is 1. The summed E-state index contributed by atoms with van der Waals surface area (Å²) in [5.74, 6) is -5.33. The van der Waals surface area contributed by atoms with E-state index in [2.05, 4.69) is 0 Å². The van der Waals surface area contributed by atoms with Crippen LogP contribution in [0, 0.1) is 0 Å². The van der Waals surface area contributed by atoms with Crippen LogP contribution in [0.2, 0.25) is 0 Å². The van der Waals surface area contributed by atoms with E-state index in [1.165, 1.54) is 0 Å². The second-order valence-corrected chi connectivity index (χ2v) is 14.0. The lowest BCUT2D eigenvalue weighted by atomic mass is 9.77. The minimum Gasteiger partial charge on any atom is -0.467 e. The molecule has 18 heteroatoms. The minimum absolute atomic E-state index is 0.419. The number of rotatable bonds is 10. The van der Waals surface area contributed by atoms with E-state index < -0.39 is 95.3 Å². The van der Waals surface area contributed by atoms with Gasteiger partial charge in [-0.3, -0.25) is 19.3 Å². The highest BCUT2D eigenvalue weighted by atomic mass is 35.6. The fraction of sp³-hybridized carbons (Fsp3) is 0.469. The number of aliphatic hydroxyl groups is 2. The molecular formula is C32H35Cl3N2O13. The molecule has 4 rings (SSSR count). The van der Waals surface area contributed by atoms with Crippen molar-refractivity contribution >= 4 is 64.8 Å². The van der Waals surface area contributed by atoms with Crippen LogP contribution in [0.15, 0.2) is 48.5 Å². The van der Waals surface area contributed by atoms with Crippen molar-refractivity contribution in [3.63, 3.8) is 0 Å². The van der Waals surface area contributed by atoms with Crippen molar-refractivity contribution in [2.45, 2.75) is 72.9 Å². The molecule has 2 aromatic rings. The highest BCUT2D eigenvalue weighted by Crippen LogP contribution is 2.51. The molecule has 0 saturated carbocycles. The number of nitrogens with zero attached hydrogens (tertiary/aromatic N) is 1. The summed E-state index contributed by atoms with van der Waals surface area (Å²) in [5.41, 5.74) is 5.97. The number of ether oxygens (including phenoxy) is 6. The van der Waals surface area contributed by atoms with Crippen molar-refractivity contribution in [1.82, 2.24) is 4.90 Å². The molecule has 50 heavy (non-hydrogen) atoms. The molecule has 0 aromatic heterocycles. The van der Waals surface area contributed by atoms with E-state index in [0.29, 0.717) is 27.2 Å². The number of carbonyl (C=O) groups excluding carboxylic acids is 5. The number of alkyl halides is 3. The minimum atomic E-state index is -2.90. The van der Waals surface area contributed by atoms with E-state index in [1.54, 1.807) is 48.5 Å². The van der Waals surface area contributed by atoms with Gasteiger partial charge in [0.1, 0.15) is 31.5 Å². The highest BCUT2D eigenvalue weighted by molar-refractivity contribution is 6.67. The number of hydrogen-bond donors (Lipinski definition) is 3. The lowest BCUT2D eigenvalue weighted by molar-refractivity contribution is -0.283. The fourth-order valence-corrected chi connectivity index (χ4v) is 6.41. The van der Waals surface area contributed by atoms with E-state index in [9.17, 15) is 34.2 Å². The van der Waals surface area contributed by atoms with Crippen LogP contribution in [0.3, 0.4) is 0 Å². The Kier molecular flexibility index (Phi) is 12.3. The number of halogens is 3. The number of aliphatic hydroxyl groups excluding tert-OH is 1. The maximum absolute atomic E-state index is 14.1. The third-order valence-corrected chi connectivity index (χ3v) is 8.44. The van der Waals surface area contributed by atoms with E-state index in [0.717, 1.165) is 27.9 Å². The Morgan fingerprint density at radius 2 is 1.40 bits per heavy atom. The summed E-state index contributed by atoms with van der Waals surface area (Å²) in [7, 11) is 0.981. The van der Waals surface area contributed by atoms with Gasteiger partial charge in [0.15, 0.2) is 18.5 Å². The molecule has 1 amide bonds. The van der Waals surface area contributed by atoms with E-state index in [-0.39, 0.29) is 0 Å². The van der Waals surface area contributed by atoms with Crippen LogP contribution in [0.5, 0.6) is 0 Å². The first-order valence-corrected chi connectivity index (χ1v) is 16.1. The van der Waals surface area contributed by atoms with Crippen molar-refractivity contribution < 1.29 is 62.6 Å². The van der Waals surface area contributed by atoms with Crippen molar-refractivity contribution in [1.29, 1.82) is 0 Å². The zero-order valence-corrected chi connectivity index (χ0v) is 29.4. The molecule has 0 radical (unpaired) electrons. The van der Waals surface area contributed by atoms with Gasteiger partial charge in [-0.2, -0.15) is 0 Å². The molecule has 1 saturated heterocycles. The molecule has 7 atom stereocenters. The topological polar surface area (TPSA) is 210 Å². The van der Waals surface area contributed by atoms with Crippen LogP contribution in [0.1, 0.15) is 37.8 Å². The molecule has 4 N–H and O–H groups in total. The van der Waals surface area contributed by atoms with Crippen LogP contribution in [0.4, 0.5) is 4.79 Å². The maximum Gasteiger partial charge on any atom is 0.411 e. The third-order valence-electron chi connectivity index (χ3n) is 8.12. The van der Waals surface area contributed by atoms with E-state index in [4.69, 9.17) is 69.0 Å². The van der Waals surface area contributed by atoms with E-state index in [1.807, 2.05) is 0 Å². The Morgan fingerprint density at radius 3 is 1.88 bits per heavy atom. The molecule has 1 fully saturated rings. The number of hydrogen-bond acceptors (Lipinski definition) is 14. The van der Waals surface area contributed by atoms with Crippen LogP contribution in [-0.2, 0) is 47.6 Å². The van der Waals surface area contributed by atoms with Gasteiger partial charge in [-0.05, 0) is 22.3 Å². The average molecular weight is 762 g/mol. The summed E-state index contributed by atoms with van der Waals surface area (Å²) >= 11 is 17.6. The first kappa shape index (κ1) is 39.1. The van der Waals surface area contributed by atoms with E-state index >= 15 is 0 Å². The molecule has 272 valence electrons. The predicted molar refractivity (Wildman–Crippen MR) is 175 cm³/mol. The number of amides is 1. The largest absolute Gasteiger partial charge is 0.467 e. The zero-order chi connectivity index (χ0) is 37.1. The van der Waals surface area contributed by atoms with Gasteiger partial charge in [0, 0.05) is 20.8 Å². The quantitative estimate of drug-likeness (QED) is 0.137. The molecule has 2 aromatic carbocycles. The molecule has 0 bridgehead atoms. The highest BCUT2D eigenvalue weighted by Gasteiger charge is 2.62. The second-order valence-electron chi connectivity index (χ2n) is 11.5. The monoisotopic (exact) mass is 760 g/mol. The van der Waals surface area contributed by atoms with Crippen molar-refractivity contribution in [2.24, 2.45) is 5.73 Å². The first-order valence-electron chi connectivity index (χ1n) is 15.0. The average Bonchev–Trinajstić information content (AvgIpc) is 3.38. The Hall–Kier alpha value is -3.70. The number of fused-ring (bicyclic) bond motifs is 3. The summed E-state index contributed by atoms with van der Waals surface area (Å²) in [6, 6.07) is 11.6. The molecule has 15 nitrogen and oxygen atoms in total. The van der Waals surface area contributed by atoms with Gasteiger partial charge < -0.3 is 44.4 Å². The summed E-state index contributed by atoms with van der Waals surface area (Å²) in [6.45, 7) is 1.56. The normalized spacial score (nSPS) is 23.3. The molecule has 1 aliphatic carbocycles. The Morgan fingerprint density at radius 1 is 0.880 bits per heavy atom. The molecule has 1 heterocycles. The molecule has 2 aliphatic rings. The van der Waals surface area contributed by atoms with Gasteiger partial charge in [-0.25, -0.2) is 9.59 Å². The summed E-state index contributed by atoms with van der Waals surface area (Å²) in [4.78, 5) is 64.9. The lowest BCUT2D eigenvalue weighted by Gasteiger charge is -2.50. The van der Waals surface area contributed by atoms with Crippen LogP contribution < -0.4 is 5.73 Å². The Labute approximate surface area is 301 Å². The second kappa shape index (κ2) is 15.7. The van der Waals surface area contributed by atoms with Gasteiger partial charge in [-0.15, -0.1) is 0 Å². The van der Waals surface area contributed by atoms with Crippen LogP contribution >= 0.6 is 34.8 Å². The lowest BCUT2D eigenvalue weighted by Crippen LogP contribution is -2.74. The predicted octanol–water partition coefficient (Wildman–Crippen LogP) is 2.31. The Bertz CT molecular complexity index is 1580. The fourth-order valence-electron chi connectivity index (χ4n) is 6.25. The zero-order valence-electron chi connectivity index (χ0n) is 27.1. The Balaban J connectivity index is 1.95. The number of carbonyl (C=O) groups is 5. The smallest absolute Gasteiger partial charge is 0.411 e. The standard InChI is InChI=1S/C32H35Cl3N2O13/c1-15(38)46-13-22-25(48-16(2)39)26(49-17(3)40)24(27(41)50-22)37(30(43)47-14-31(33,34)35)28(36)32(44,29(42)45-4)23-20-11-7-5-9-18(20)19-10-6-8-12-21(19)23/h5-12,22-28,41,44H,13-14,36H2,1-4H3/t22-,24+,25+,26-,27+,28?,32?/m1/s1. The molecule has 1 aliphatic heterocycles. The van der Waals surface area contributed by atoms with Gasteiger partial charge in [0.25, 0.3) is 0 Å². The van der Waals surface area contributed by atoms with Crippen LogP contribution in [0.25, 0.3) is 11.1 Å². The maximum atomic E-state index is 14.1. The summed E-state index contributed by atoms with van der Waals surface area (Å²) < 4.78 is 29.7. The number of esters is 4. The van der Waals surface area contributed by atoms with Crippen molar-refractivity contribution in [3.05, 3.63) is 59.7 Å². The third kappa shape index (κ3) is 8.09. The number of methoxy groups -OCH3 is 1. The van der Waals surface area contributed by atoms with Crippen LogP contribution in [-0.4, -0.2) is 112 Å². The van der Waals surface area contributed by atoms with Gasteiger partial charge in [0.05, 0.1) is 13.0 Å². The first-order chi connectivity index (χ1) is 23.4. The molecule has 0 spiro atoms. The molecular weight excluding hydrogens is 727 g/mol.